The standard InChI is InChI=1S/C17H21N3O3S/c1-22-12-4-5-15-13(11-12)18-17(24-15)20-8-6-19(7-9-20)16(21)14-3-2-10-23-14/h4-5,11,14H,2-3,6-10H2,1H3. The van der Waals surface area contributed by atoms with Crippen LogP contribution in [0.1, 0.15) is 12.8 Å². The fraction of sp³-hybridized carbons (Fsp3) is 0.529. The monoisotopic (exact) mass is 347 g/mol. The van der Waals surface area contributed by atoms with Crippen LogP contribution in [0.5, 0.6) is 5.75 Å². The van der Waals surface area contributed by atoms with Gasteiger partial charge in [-0.25, -0.2) is 4.98 Å². The third kappa shape index (κ3) is 2.93. The highest BCUT2D eigenvalue weighted by Crippen LogP contribution is 2.31. The number of methoxy groups -OCH3 is 1. The number of fused-ring (bicyclic) bond motifs is 1. The molecule has 0 aliphatic carbocycles. The molecule has 128 valence electrons. The second kappa shape index (κ2) is 6.57. The maximum absolute atomic E-state index is 12.4. The normalized spacial score (nSPS) is 21.5. The predicted octanol–water partition coefficient (Wildman–Crippen LogP) is 2.13. The van der Waals surface area contributed by atoms with E-state index in [1.54, 1.807) is 18.4 Å². The van der Waals surface area contributed by atoms with E-state index >= 15 is 0 Å². The fourth-order valence-electron chi connectivity index (χ4n) is 3.25. The van der Waals surface area contributed by atoms with E-state index in [9.17, 15) is 4.79 Å². The molecular weight excluding hydrogens is 326 g/mol. The molecule has 1 amide bonds. The number of benzene rings is 1. The Balaban J connectivity index is 1.42. The summed E-state index contributed by atoms with van der Waals surface area (Å²) in [4.78, 5) is 21.3. The maximum Gasteiger partial charge on any atom is 0.251 e. The van der Waals surface area contributed by atoms with Crippen molar-refractivity contribution in [3.05, 3.63) is 18.2 Å². The van der Waals surface area contributed by atoms with Gasteiger partial charge in [0.1, 0.15) is 11.9 Å². The number of piperazine rings is 1. The number of rotatable bonds is 3. The number of aromatic nitrogens is 1. The van der Waals surface area contributed by atoms with Gasteiger partial charge in [-0.1, -0.05) is 11.3 Å². The largest absolute Gasteiger partial charge is 0.497 e. The predicted molar refractivity (Wildman–Crippen MR) is 93.9 cm³/mol. The lowest BCUT2D eigenvalue weighted by atomic mass is 10.2. The molecule has 0 saturated carbocycles. The first-order valence-corrected chi connectivity index (χ1v) is 9.16. The Bertz CT molecular complexity index is 734. The van der Waals surface area contributed by atoms with E-state index in [1.165, 1.54) is 0 Å². The van der Waals surface area contributed by atoms with Crippen LogP contribution in [0.3, 0.4) is 0 Å². The zero-order chi connectivity index (χ0) is 16.5. The quantitative estimate of drug-likeness (QED) is 0.851. The highest BCUT2D eigenvalue weighted by Gasteiger charge is 2.30. The van der Waals surface area contributed by atoms with Gasteiger partial charge in [0.15, 0.2) is 5.13 Å². The number of ether oxygens (including phenoxy) is 2. The maximum atomic E-state index is 12.4. The molecule has 4 rings (SSSR count). The number of carbonyl (C=O) groups excluding carboxylic acids is 1. The Kier molecular flexibility index (Phi) is 4.28. The number of thiazole rings is 1. The summed E-state index contributed by atoms with van der Waals surface area (Å²) < 4.78 is 11.9. The van der Waals surface area contributed by atoms with Crippen LogP contribution in [0, 0.1) is 0 Å². The third-order valence-electron chi connectivity index (χ3n) is 4.65. The lowest BCUT2D eigenvalue weighted by Gasteiger charge is -2.35. The number of hydrogen-bond donors (Lipinski definition) is 0. The zero-order valence-electron chi connectivity index (χ0n) is 13.7. The smallest absolute Gasteiger partial charge is 0.251 e. The van der Waals surface area contributed by atoms with Gasteiger partial charge in [0, 0.05) is 38.9 Å². The van der Waals surface area contributed by atoms with E-state index in [1.807, 2.05) is 23.1 Å². The van der Waals surface area contributed by atoms with E-state index in [0.29, 0.717) is 6.61 Å². The van der Waals surface area contributed by atoms with E-state index in [2.05, 4.69) is 4.90 Å². The summed E-state index contributed by atoms with van der Waals surface area (Å²) in [7, 11) is 1.67. The van der Waals surface area contributed by atoms with Gasteiger partial charge in [0.05, 0.1) is 17.3 Å². The van der Waals surface area contributed by atoms with Gasteiger partial charge < -0.3 is 19.3 Å². The van der Waals surface area contributed by atoms with Crippen molar-refractivity contribution in [1.29, 1.82) is 0 Å². The Hall–Kier alpha value is -1.86. The van der Waals surface area contributed by atoms with Crippen LogP contribution in [0.25, 0.3) is 10.2 Å². The number of anilines is 1. The first-order valence-electron chi connectivity index (χ1n) is 8.34. The molecule has 2 aromatic rings. The first-order chi connectivity index (χ1) is 11.7. The Morgan fingerprint density at radius 2 is 2.17 bits per heavy atom. The summed E-state index contributed by atoms with van der Waals surface area (Å²) in [5.41, 5.74) is 0.965. The fourth-order valence-corrected chi connectivity index (χ4v) is 4.25. The van der Waals surface area contributed by atoms with Gasteiger partial charge in [0.2, 0.25) is 0 Å². The average Bonchev–Trinajstić information content (AvgIpc) is 3.30. The molecule has 2 saturated heterocycles. The van der Waals surface area contributed by atoms with E-state index in [0.717, 1.165) is 60.1 Å². The van der Waals surface area contributed by atoms with Gasteiger partial charge in [-0.3, -0.25) is 4.79 Å². The van der Waals surface area contributed by atoms with Crippen LogP contribution < -0.4 is 9.64 Å². The van der Waals surface area contributed by atoms with Gasteiger partial charge in [-0.05, 0) is 25.0 Å². The summed E-state index contributed by atoms with van der Waals surface area (Å²) in [5, 5.41) is 1.02. The van der Waals surface area contributed by atoms with Crippen molar-refractivity contribution >= 4 is 32.6 Å². The van der Waals surface area contributed by atoms with Crippen molar-refractivity contribution in [2.75, 3.05) is 44.8 Å². The number of amides is 1. The van der Waals surface area contributed by atoms with Gasteiger partial charge >= 0.3 is 0 Å². The molecule has 1 atom stereocenters. The van der Waals surface area contributed by atoms with Crippen LogP contribution in [0.4, 0.5) is 5.13 Å². The number of nitrogens with zero attached hydrogens (tertiary/aromatic N) is 3. The molecule has 24 heavy (non-hydrogen) atoms. The molecule has 0 bridgehead atoms. The molecule has 3 heterocycles. The second-order valence-corrected chi connectivity index (χ2v) is 7.15. The van der Waals surface area contributed by atoms with Crippen LogP contribution in [0.15, 0.2) is 18.2 Å². The minimum Gasteiger partial charge on any atom is -0.497 e. The van der Waals surface area contributed by atoms with E-state index in [4.69, 9.17) is 14.5 Å². The molecule has 6 nitrogen and oxygen atoms in total. The summed E-state index contributed by atoms with van der Waals surface area (Å²) >= 11 is 1.69. The van der Waals surface area contributed by atoms with Crippen molar-refractivity contribution < 1.29 is 14.3 Å². The van der Waals surface area contributed by atoms with E-state index < -0.39 is 0 Å². The van der Waals surface area contributed by atoms with Gasteiger partial charge in [-0.2, -0.15) is 0 Å². The molecule has 2 fully saturated rings. The number of carbonyl (C=O) groups is 1. The molecule has 2 aliphatic rings. The van der Waals surface area contributed by atoms with Crippen molar-refractivity contribution in [2.24, 2.45) is 0 Å². The van der Waals surface area contributed by atoms with Crippen LogP contribution in [-0.2, 0) is 9.53 Å². The first kappa shape index (κ1) is 15.7. The van der Waals surface area contributed by atoms with Gasteiger partial charge in [-0.15, -0.1) is 0 Å². The summed E-state index contributed by atoms with van der Waals surface area (Å²) in [6.07, 6.45) is 1.64. The molecule has 0 spiro atoms. The Morgan fingerprint density at radius 3 is 2.88 bits per heavy atom. The van der Waals surface area contributed by atoms with Crippen LogP contribution >= 0.6 is 11.3 Å². The minimum atomic E-state index is -0.216. The molecule has 2 aliphatic heterocycles. The van der Waals surface area contributed by atoms with Crippen LogP contribution in [-0.4, -0.2) is 61.8 Å². The lowest BCUT2D eigenvalue weighted by molar-refractivity contribution is -0.141. The Morgan fingerprint density at radius 1 is 1.33 bits per heavy atom. The topological polar surface area (TPSA) is 54.9 Å². The SMILES string of the molecule is COc1ccc2sc(N3CCN(C(=O)C4CCCO4)CC3)nc2c1. The molecule has 1 aromatic carbocycles. The zero-order valence-corrected chi connectivity index (χ0v) is 14.6. The van der Waals surface area contributed by atoms with Crippen LogP contribution in [0.2, 0.25) is 0 Å². The molecular formula is C17H21N3O3S. The Labute approximate surface area is 145 Å². The number of hydrogen-bond acceptors (Lipinski definition) is 6. The van der Waals surface area contributed by atoms with E-state index in [-0.39, 0.29) is 12.0 Å². The summed E-state index contributed by atoms with van der Waals surface area (Å²) in [5.74, 6) is 0.979. The van der Waals surface area contributed by atoms with Crippen molar-refractivity contribution in [3.8, 4) is 5.75 Å². The third-order valence-corrected chi connectivity index (χ3v) is 5.75. The molecule has 0 radical (unpaired) electrons. The summed E-state index contributed by atoms with van der Waals surface area (Å²) in [6.45, 7) is 3.81. The molecule has 1 aromatic heterocycles. The molecule has 7 heteroatoms. The second-order valence-electron chi connectivity index (χ2n) is 6.14. The summed E-state index contributed by atoms with van der Waals surface area (Å²) in [6, 6.07) is 5.97. The minimum absolute atomic E-state index is 0.154. The van der Waals surface area contributed by atoms with Crippen molar-refractivity contribution in [3.63, 3.8) is 0 Å². The highest BCUT2D eigenvalue weighted by atomic mass is 32.1. The van der Waals surface area contributed by atoms with Crippen molar-refractivity contribution in [2.45, 2.75) is 18.9 Å². The molecule has 1 unspecified atom stereocenters. The molecule has 0 N–H and O–H groups in total. The van der Waals surface area contributed by atoms with Crippen molar-refractivity contribution in [1.82, 2.24) is 9.88 Å². The average molecular weight is 347 g/mol. The lowest BCUT2D eigenvalue weighted by Crippen LogP contribution is -2.51. The highest BCUT2D eigenvalue weighted by molar-refractivity contribution is 7.22. The van der Waals surface area contributed by atoms with Gasteiger partial charge in [0.25, 0.3) is 5.91 Å².